The van der Waals surface area contributed by atoms with Crippen molar-refractivity contribution in [2.75, 3.05) is 7.11 Å². The molecule has 0 unspecified atom stereocenters. The molecule has 15 heavy (non-hydrogen) atoms. The number of hydrogen-bond acceptors (Lipinski definition) is 3. The summed E-state index contributed by atoms with van der Waals surface area (Å²) in [6, 6.07) is 4.51. The highest BCUT2D eigenvalue weighted by atomic mass is 35.5. The van der Waals surface area contributed by atoms with Crippen molar-refractivity contribution in [1.29, 1.82) is 0 Å². The Morgan fingerprint density at radius 3 is 2.87 bits per heavy atom. The highest BCUT2D eigenvalue weighted by Crippen LogP contribution is 2.29. The quantitative estimate of drug-likeness (QED) is 0.804. The van der Waals surface area contributed by atoms with Crippen LogP contribution in [-0.4, -0.2) is 12.1 Å². The van der Waals surface area contributed by atoms with Crippen LogP contribution in [0, 0.1) is 5.82 Å². The monoisotopic (exact) mass is 243 g/mol. The molecule has 78 valence electrons. The average Bonchev–Trinajstić information content (AvgIpc) is 2.70. The minimum Gasteiger partial charge on any atom is -0.480 e. The molecule has 0 fully saturated rings. The Balaban J connectivity index is 2.40. The molecule has 0 aliphatic heterocycles. The molecule has 0 N–H and O–H groups in total. The number of nitrogens with zero attached hydrogens (tertiary/aromatic N) is 1. The van der Waals surface area contributed by atoms with E-state index in [-0.39, 0.29) is 5.02 Å². The van der Waals surface area contributed by atoms with Crippen LogP contribution in [0.5, 0.6) is 5.88 Å². The second-order valence-electron chi connectivity index (χ2n) is 2.82. The number of methoxy groups -OCH3 is 1. The third-order valence-corrected chi connectivity index (χ3v) is 3.02. The Bertz CT molecular complexity index is 486. The van der Waals surface area contributed by atoms with Crippen molar-refractivity contribution >= 4 is 22.9 Å². The van der Waals surface area contributed by atoms with Crippen LogP contribution in [-0.2, 0) is 0 Å². The Hall–Kier alpha value is -1.13. The Morgan fingerprint density at radius 2 is 2.27 bits per heavy atom. The predicted octanol–water partition coefficient (Wildman–Crippen LogP) is 3.61. The SMILES string of the molecule is COc1csc(-c2ccc(F)c(Cl)c2)n1. The summed E-state index contributed by atoms with van der Waals surface area (Å²) in [7, 11) is 1.55. The molecular weight excluding hydrogens is 237 g/mol. The zero-order valence-corrected chi connectivity index (χ0v) is 9.40. The summed E-state index contributed by atoms with van der Waals surface area (Å²) in [5.41, 5.74) is 0.787. The van der Waals surface area contributed by atoms with E-state index in [0.717, 1.165) is 10.6 Å². The normalized spacial score (nSPS) is 10.3. The zero-order valence-electron chi connectivity index (χ0n) is 7.83. The summed E-state index contributed by atoms with van der Waals surface area (Å²) in [5, 5.41) is 2.64. The molecule has 1 aromatic heterocycles. The Morgan fingerprint density at radius 1 is 1.47 bits per heavy atom. The van der Waals surface area contributed by atoms with Gasteiger partial charge in [-0.1, -0.05) is 11.6 Å². The zero-order chi connectivity index (χ0) is 10.8. The van der Waals surface area contributed by atoms with Crippen LogP contribution in [0.3, 0.4) is 0 Å². The molecule has 2 aromatic rings. The van der Waals surface area contributed by atoms with Gasteiger partial charge in [0.05, 0.1) is 17.5 Å². The third kappa shape index (κ3) is 2.11. The molecular formula is C10H7ClFNOS. The predicted molar refractivity (Wildman–Crippen MR) is 59.1 cm³/mol. The molecule has 5 heteroatoms. The summed E-state index contributed by atoms with van der Waals surface area (Å²) in [5.74, 6) is 0.124. The summed E-state index contributed by atoms with van der Waals surface area (Å²) < 4.78 is 17.9. The van der Waals surface area contributed by atoms with Crippen molar-refractivity contribution in [2.24, 2.45) is 0 Å². The van der Waals surface area contributed by atoms with Gasteiger partial charge >= 0.3 is 0 Å². The minimum absolute atomic E-state index is 0.0988. The van der Waals surface area contributed by atoms with Gasteiger partial charge in [0.15, 0.2) is 0 Å². The molecule has 2 nitrogen and oxygen atoms in total. The molecule has 0 spiro atoms. The van der Waals surface area contributed by atoms with Gasteiger partial charge < -0.3 is 4.74 Å². The van der Waals surface area contributed by atoms with Crippen LogP contribution in [0.25, 0.3) is 10.6 Å². The van der Waals surface area contributed by atoms with E-state index in [4.69, 9.17) is 16.3 Å². The molecule has 0 atom stereocenters. The van der Waals surface area contributed by atoms with Gasteiger partial charge in [-0.2, -0.15) is 0 Å². The lowest BCUT2D eigenvalue weighted by molar-refractivity contribution is 0.401. The van der Waals surface area contributed by atoms with Gasteiger partial charge in [-0.05, 0) is 18.2 Å². The van der Waals surface area contributed by atoms with Crippen LogP contribution in [0.1, 0.15) is 0 Å². The number of aromatic nitrogens is 1. The van der Waals surface area contributed by atoms with E-state index >= 15 is 0 Å². The summed E-state index contributed by atoms with van der Waals surface area (Å²) >= 11 is 7.10. The number of benzene rings is 1. The fraction of sp³-hybridized carbons (Fsp3) is 0.100. The molecule has 0 aliphatic rings. The van der Waals surface area contributed by atoms with Gasteiger partial charge in [0, 0.05) is 5.56 Å². The first kappa shape index (κ1) is 10.4. The van der Waals surface area contributed by atoms with E-state index < -0.39 is 5.82 Å². The second kappa shape index (κ2) is 4.16. The van der Waals surface area contributed by atoms with Crippen molar-refractivity contribution in [1.82, 2.24) is 4.98 Å². The molecule has 0 bridgehead atoms. The number of hydrogen-bond donors (Lipinski definition) is 0. The molecule has 0 saturated carbocycles. The third-order valence-electron chi connectivity index (χ3n) is 1.86. The number of thiazole rings is 1. The standard InChI is InChI=1S/C10H7ClFNOS/c1-14-9-5-15-10(13-9)6-2-3-8(12)7(11)4-6/h2-5H,1H3. The summed E-state index contributed by atoms with van der Waals surface area (Å²) in [4.78, 5) is 4.18. The summed E-state index contributed by atoms with van der Waals surface area (Å²) in [6.07, 6.45) is 0. The van der Waals surface area contributed by atoms with Crippen molar-refractivity contribution < 1.29 is 9.13 Å². The summed E-state index contributed by atoms with van der Waals surface area (Å²) in [6.45, 7) is 0. The lowest BCUT2D eigenvalue weighted by Crippen LogP contribution is -1.83. The topological polar surface area (TPSA) is 22.1 Å². The van der Waals surface area contributed by atoms with E-state index in [1.165, 1.54) is 17.4 Å². The molecule has 0 saturated heterocycles. The fourth-order valence-corrected chi connectivity index (χ4v) is 2.06. The van der Waals surface area contributed by atoms with E-state index in [1.807, 2.05) is 0 Å². The molecule has 0 aliphatic carbocycles. The first-order valence-electron chi connectivity index (χ1n) is 4.15. The van der Waals surface area contributed by atoms with Crippen molar-refractivity contribution in [3.05, 3.63) is 34.4 Å². The van der Waals surface area contributed by atoms with E-state index in [2.05, 4.69) is 4.98 Å². The van der Waals surface area contributed by atoms with Gasteiger partial charge in [-0.25, -0.2) is 9.37 Å². The second-order valence-corrected chi connectivity index (χ2v) is 4.09. The maximum Gasteiger partial charge on any atom is 0.224 e. The van der Waals surface area contributed by atoms with Crippen LogP contribution in [0.15, 0.2) is 23.6 Å². The van der Waals surface area contributed by atoms with E-state index in [1.54, 1.807) is 24.6 Å². The van der Waals surface area contributed by atoms with Gasteiger partial charge in [0.2, 0.25) is 5.88 Å². The van der Waals surface area contributed by atoms with Crippen molar-refractivity contribution in [3.63, 3.8) is 0 Å². The van der Waals surface area contributed by atoms with Crippen LogP contribution < -0.4 is 4.74 Å². The van der Waals surface area contributed by atoms with Gasteiger partial charge in [0.1, 0.15) is 10.8 Å². The van der Waals surface area contributed by atoms with E-state index in [9.17, 15) is 4.39 Å². The Labute approximate surface area is 95.3 Å². The van der Waals surface area contributed by atoms with Crippen LogP contribution in [0.4, 0.5) is 4.39 Å². The van der Waals surface area contributed by atoms with E-state index in [0.29, 0.717) is 5.88 Å². The Kier molecular flexibility index (Phi) is 2.88. The molecule has 2 rings (SSSR count). The maximum atomic E-state index is 12.9. The number of rotatable bonds is 2. The lowest BCUT2D eigenvalue weighted by atomic mass is 10.2. The van der Waals surface area contributed by atoms with Crippen LogP contribution >= 0.6 is 22.9 Å². The molecule has 0 amide bonds. The number of ether oxygens (including phenoxy) is 1. The van der Waals surface area contributed by atoms with Crippen molar-refractivity contribution in [2.45, 2.75) is 0 Å². The molecule has 0 radical (unpaired) electrons. The average molecular weight is 244 g/mol. The first-order valence-corrected chi connectivity index (χ1v) is 5.41. The van der Waals surface area contributed by atoms with Gasteiger partial charge in [0.25, 0.3) is 0 Å². The van der Waals surface area contributed by atoms with Gasteiger partial charge in [-0.15, -0.1) is 11.3 Å². The van der Waals surface area contributed by atoms with Gasteiger partial charge in [-0.3, -0.25) is 0 Å². The van der Waals surface area contributed by atoms with Crippen molar-refractivity contribution in [3.8, 4) is 16.5 Å². The highest BCUT2D eigenvalue weighted by Gasteiger charge is 2.07. The minimum atomic E-state index is -0.427. The number of halogens is 2. The molecule has 1 heterocycles. The fourth-order valence-electron chi connectivity index (χ4n) is 1.11. The maximum absolute atomic E-state index is 12.9. The smallest absolute Gasteiger partial charge is 0.224 e. The largest absolute Gasteiger partial charge is 0.480 e. The first-order chi connectivity index (χ1) is 7.20. The molecule has 1 aromatic carbocycles. The lowest BCUT2D eigenvalue weighted by Gasteiger charge is -1.98. The van der Waals surface area contributed by atoms with Crippen LogP contribution in [0.2, 0.25) is 5.02 Å². The highest BCUT2D eigenvalue weighted by molar-refractivity contribution is 7.13.